The third kappa shape index (κ3) is 4.08. The number of carbonyl (C=O) groups excluding carboxylic acids is 2. The highest BCUT2D eigenvalue weighted by molar-refractivity contribution is 5.81. The van der Waals surface area contributed by atoms with Crippen molar-refractivity contribution in [3.63, 3.8) is 0 Å². The maximum atomic E-state index is 12.7. The summed E-state index contributed by atoms with van der Waals surface area (Å²) in [6.45, 7) is 7.37. The number of methoxy groups -OCH3 is 1. The summed E-state index contributed by atoms with van der Waals surface area (Å²) >= 11 is 0. The lowest BCUT2D eigenvalue weighted by atomic mass is 9.96. The molecule has 0 bridgehead atoms. The van der Waals surface area contributed by atoms with E-state index in [1.807, 2.05) is 26.0 Å². The van der Waals surface area contributed by atoms with Crippen LogP contribution in [0.15, 0.2) is 12.1 Å². The van der Waals surface area contributed by atoms with E-state index in [9.17, 15) is 9.59 Å². The molecule has 2 rings (SSSR count). The Bertz CT molecular complexity index is 612. The zero-order valence-electron chi connectivity index (χ0n) is 15.1. The molecular weight excluding hydrogens is 306 g/mol. The Labute approximate surface area is 143 Å². The molecule has 0 spiro atoms. The summed E-state index contributed by atoms with van der Waals surface area (Å²) in [5.74, 6) is 0.522. The summed E-state index contributed by atoms with van der Waals surface area (Å²) in [5, 5.41) is 0. The van der Waals surface area contributed by atoms with Crippen molar-refractivity contribution >= 4 is 11.9 Å². The number of piperidine rings is 1. The van der Waals surface area contributed by atoms with Gasteiger partial charge in [0.05, 0.1) is 26.1 Å². The average molecular weight is 333 g/mol. The molecule has 0 saturated carbocycles. The largest absolute Gasteiger partial charge is 0.496 e. The van der Waals surface area contributed by atoms with Crippen LogP contribution >= 0.6 is 0 Å². The smallest absolute Gasteiger partial charge is 0.310 e. The van der Waals surface area contributed by atoms with E-state index < -0.39 is 0 Å². The van der Waals surface area contributed by atoms with Gasteiger partial charge in [0.25, 0.3) is 0 Å². The molecule has 0 N–H and O–H groups in total. The molecule has 1 amide bonds. The van der Waals surface area contributed by atoms with Gasteiger partial charge in [-0.3, -0.25) is 9.59 Å². The van der Waals surface area contributed by atoms with Crippen LogP contribution in [0.2, 0.25) is 0 Å². The second-order valence-corrected chi connectivity index (χ2v) is 6.28. The lowest BCUT2D eigenvalue weighted by molar-refractivity contribution is -0.151. The van der Waals surface area contributed by atoms with Gasteiger partial charge in [-0.05, 0) is 56.4 Å². The molecule has 1 aliphatic rings. The molecule has 5 nitrogen and oxygen atoms in total. The van der Waals surface area contributed by atoms with Crippen molar-refractivity contribution < 1.29 is 19.1 Å². The van der Waals surface area contributed by atoms with Crippen LogP contribution in [-0.2, 0) is 20.7 Å². The molecule has 1 fully saturated rings. The molecule has 0 aromatic heterocycles. The third-order valence-electron chi connectivity index (χ3n) is 4.81. The average Bonchev–Trinajstić information content (AvgIpc) is 2.59. The van der Waals surface area contributed by atoms with Gasteiger partial charge in [-0.25, -0.2) is 0 Å². The molecular formula is C19H27NO4. The molecule has 1 unspecified atom stereocenters. The Kier molecular flexibility index (Phi) is 6.23. The number of ether oxygens (including phenoxy) is 2. The molecule has 24 heavy (non-hydrogen) atoms. The van der Waals surface area contributed by atoms with Crippen LogP contribution in [0.3, 0.4) is 0 Å². The van der Waals surface area contributed by atoms with Gasteiger partial charge in [-0.1, -0.05) is 6.07 Å². The quantitative estimate of drug-likeness (QED) is 0.778. The number of rotatable bonds is 5. The predicted molar refractivity (Wildman–Crippen MR) is 92.1 cm³/mol. The molecule has 1 aromatic carbocycles. The van der Waals surface area contributed by atoms with Gasteiger partial charge in [0.2, 0.25) is 5.91 Å². The number of carbonyl (C=O) groups is 2. The fourth-order valence-electron chi connectivity index (χ4n) is 3.20. The Hall–Kier alpha value is -2.04. The zero-order chi connectivity index (χ0) is 17.7. The minimum atomic E-state index is -0.193. The van der Waals surface area contributed by atoms with Crippen LogP contribution in [0.4, 0.5) is 0 Å². The molecule has 1 heterocycles. The van der Waals surface area contributed by atoms with Crippen LogP contribution in [-0.4, -0.2) is 43.6 Å². The van der Waals surface area contributed by atoms with Gasteiger partial charge in [-0.2, -0.15) is 0 Å². The van der Waals surface area contributed by atoms with Crippen molar-refractivity contribution in [3.05, 3.63) is 28.8 Å². The zero-order valence-corrected chi connectivity index (χ0v) is 15.1. The fourth-order valence-corrected chi connectivity index (χ4v) is 3.20. The van der Waals surface area contributed by atoms with Gasteiger partial charge in [0.15, 0.2) is 0 Å². The summed E-state index contributed by atoms with van der Waals surface area (Å²) < 4.78 is 10.4. The maximum absolute atomic E-state index is 12.7. The first-order chi connectivity index (χ1) is 11.5. The maximum Gasteiger partial charge on any atom is 0.310 e. The normalized spacial score (nSPS) is 17.5. The van der Waals surface area contributed by atoms with E-state index in [1.54, 1.807) is 18.9 Å². The van der Waals surface area contributed by atoms with Crippen molar-refractivity contribution in [2.24, 2.45) is 5.92 Å². The second-order valence-electron chi connectivity index (χ2n) is 6.28. The van der Waals surface area contributed by atoms with Crippen LogP contribution in [0.1, 0.15) is 36.5 Å². The number of nitrogens with zero attached hydrogens (tertiary/aromatic N) is 1. The van der Waals surface area contributed by atoms with E-state index in [1.165, 1.54) is 0 Å². The van der Waals surface area contributed by atoms with E-state index in [2.05, 4.69) is 0 Å². The van der Waals surface area contributed by atoms with Gasteiger partial charge < -0.3 is 14.4 Å². The number of hydrogen-bond donors (Lipinski definition) is 0. The predicted octanol–water partition coefficient (Wildman–Crippen LogP) is 2.66. The van der Waals surface area contributed by atoms with Crippen LogP contribution in [0.5, 0.6) is 5.75 Å². The van der Waals surface area contributed by atoms with E-state index in [-0.39, 0.29) is 17.8 Å². The van der Waals surface area contributed by atoms with Crippen LogP contribution < -0.4 is 4.74 Å². The fraction of sp³-hybridized carbons (Fsp3) is 0.579. The molecule has 1 saturated heterocycles. The van der Waals surface area contributed by atoms with E-state index in [0.717, 1.165) is 35.3 Å². The number of hydrogen-bond acceptors (Lipinski definition) is 4. The topological polar surface area (TPSA) is 55.8 Å². The Morgan fingerprint density at radius 3 is 2.67 bits per heavy atom. The second kappa shape index (κ2) is 8.18. The van der Waals surface area contributed by atoms with E-state index in [0.29, 0.717) is 26.1 Å². The number of esters is 1. The van der Waals surface area contributed by atoms with Crippen molar-refractivity contribution in [3.8, 4) is 5.75 Å². The van der Waals surface area contributed by atoms with Crippen molar-refractivity contribution in [2.45, 2.75) is 40.0 Å². The number of amides is 1. The molecule has 1 aromatic rings. The Balaban J connectivity index is 2.04. The Morgan fingerprint density at radius 2 is 2.00 bits per heavy atom. The summed E-state index contributed by atoms with van der Waals surface area (Å²) in [4.78, 5) is 26.4. The van der Waals surface area contributed by atoms with Crippen molar-refractivity contribution in [1.82, 2.24) is 4.90 Å². The standard InChI is InChI=1S/C19H27NO4/c1-5-24-19(22)16-7-6-10-20(12-16)18(21)11-15-8-9-17(23-4)14(3)13(15)2/h8-9,16H,5-7,10-12H2,1-4H3. The molecule has 0 radical (unpaired) electrons. The van der Waals surface area contributed by atoms with Gasteiger partial charge in [0, 0.05) is 13.1 Å². The number of likely N-dealkylation sites (tertiary alicyclic amines) is 1. The summed E-state index contributed by atoms with van der Waals surface area (Å²) in [6.07, 6.45) is 1.99. The highest BCUT2D eigenvalue weighted by Gasteiger charge is 2.29. The molecule has 1 aliphatic heterocycles. The summed E-state index contributed by atoms with van der Waals surface area (Å²) in [6, 6.07) is 3.86. The molecule has 5 heteroatoms. The highest BCUT2D eigenvalue weighted by Crippen LogP contribution is 2.25. The van der Waals surface area contributed by atoms with Gasteiger partial charge in [-0.15, -0.1) is 0 Å². The monoisotopic (exact) mass is 333 g/mol. The SMILES string of the molecule is CCOC(=O)C1CCCN(C(=O)Cc2ccc(OC)c(C)c2C)C1. The van der Waals surface area contributed by atoms with Crippen LogP contribution in [0.25, 0.3) is 0 Å². The first-order valence-corrected chi connectivity index (χ1v) is 8.55. The third-order valence-corrected chi connectivity index (χ3v) is 4.81. The van der Waals surface area contributed by atoms with E-state index in [4.69, 9.17) is 9.47 Å². The summed E-state index contributed by atoms with van der Waals surface area (Å²) in [7, 11) is 1.65. The summed E-state index contributed by atoms with van der Waals surface area (Å²) in [5.41, 5.74) is 3.16. The number of benzene rings is 1. The lowest BCUT2D eigenvalue weighted by Crippen LogP contribution is -2.43. The minimum absolute atomic E-state index is 0.0664. The molecule has 0 aliphatic carbocycles. The lowest BCUT2D eigenvalue weighted by Gasteiger charge is -2.31. The highest BCUT2D eigenvalue weighted by atomic mass is 16.5. The van der Waals surface area contributed by atoms with Crippen molar-refractivity contribution in [1.29, 1.82) is 0 Å². The molecule has 132 valence electrons. The van der Waals surface area contributed by atoms with Gasteiger partial charge >= 0.3 is 5.97 Å². The van der Waals surface area contributed by atoms with Crippen molar-refractivity contribution in [2.75, 3.05) is 26.8 Å². The van der Waals surface area contributed by atoms with E-state index >= 15 is 0 Å². The minimum Gasteiger partial charge on any atom is -0.496 e. The van der Waals surface area contributed by atoms with Crippen LogP contribution in [0, 0.1) is 19.8 Å². The first-order valence-electron chi connectivity index (χ1n) is 8.55. The van der Waals surface area contributed by atoms with Gasteiger partial charge in [0.1, 0.15) is 5.75 Å². The first kappa shape index (κ1) is 18.3. The molecule has 1 atom stereocenters. The Morgan fingerprint density at radius 1 is 1.25 bits per heavy atom.